The number of carboxylic acid groups (broad SMARTS) is 1. The summed E-state index contributed by atoms with van der Waals surface area (Å²) in [6.45, 7) is 1.91. The molecule has 16 heavy (non-hydrogen) atoms. The molecule has 0 aliphatic heterocycles. The smallest absolute Gasteiger partial charge is 0.335 e. The zero-order chi connectivity index (χ0) is 11.5. The van der Waals surface area contributed by atoms with E-state index in [4.69, 9.17) is 5.11 Å². The van der Waals surface area contributed by atoms with Crippen LogP contribution in [0.15, 0.2) is 29.6 Å². The van der Waals surface area contributed by atoms with Crippen LogP contribution < -0.4 is 5.32 Å². The first kappa shape index (κ1) is 10.6. The summed E-state index contributed by atoms with van der Waals surface area (Å²) in [5, 5.41) is 14.6. The van der Waals surface area contributed by atoms with Crippen molar-refractivity contribution < 1.29 is 9.90 Å². The van der Waals surface area contributed by atoms with Crippen molar-refractivity contribution in [3.63, 3.8) is 0 Å². The van der Waals surface area contributed by atoms with E-state index in [1.807, 2.05) is 18.4 Å². The molecule has 0 radical (unpaired) electrons. The minimum absolute atomic E-state index is 0.262. The molecule has 0 aliphatic rings. The van der Waals surface area contributed by atoms with Crippen LogP contribution in [0, 0.1) is 6.92 Å². The Morgan fingerprint density at radius 3 is 2.94 bits per heavy atom. The summed E-state index contributed by atoms with van der Waals surface area (Å²) in [5.74, 6) is -0.932. The average molecular weight is 234 g/mol. The van der Waals surface area contributed by atoms with Gasteiger partial charge in [0, 0.05) is 11.1 Å². The van der Waals surface area contributed by atoms with Crippen molar-refractivity contribution in [1.29, 1.82) is 0 Å². The molecule has 0 amide bonds. The van der Waals surface area contributed by atoms with E-state index in [1.54, 1.807) is 18.2 Å². The van der Waals surface area contributed by atoms with Crippen molar-refractivity contribution in [3.05, 3.63) is 40.9 Å². The highest BCUT2D eigenvalue weighted by atomic mass is 32.1. The summed E-state index contributed by atoms with van der Waals surface area (Å²) < 4.78 is 0. The molecule has 0 unspecified atom stereocenters. The van der Waals surface area contributed by atoms with E-state index in [-0.39, 0.29) is 5.56 Å². The Morgan fingerprint density at radius 2 is 2.31 bits per heavy atom. The monoisotopic (exact) mass is 234 g/mol. The zero-order valence-electron chi connectivity index (χ0n) is 8.60. The first-order valence-corrected chi connectivity index (χ1v) is 5.55. The van der Waals surface area contributed by atoms with Crippen LogP contribution in [0.25, 0.3) is 0 Å². The summed E-state index contributed by atoms with van der Waals surface area (Å²) in [5.41, 5.74) is 1.94. The molecule has 2 aromatic rings. The number of hydrogen-bond acceptors (Lipinski definition) is 4. The van der Waals surface area contributed by atoms with Crippen molar-refractivity contribution in [2.75, 3.05) is 5.32 Å². The van der Waals surface area contributed by atoms with Crippen LogP contribution in [0.3, 0.4) is 0 Å². The summed E-state index contributed by atoms with van der Waals surface area (Å²) in [6, 6.07) is 6.65. The van der Waals surface area contributed by atoms with Crippen LogP contribution in [0.2, 0.25) is 0 Å². The van der Waals surface area contributed by atoms with Gasteiger partial charge in [0.25, 0.3) is 0 Å². The Kier molecular flexibility index (Phi) is 2.87. The maximum absolute atomic E-state index is 10.8. The van der Waals surface area contributed by atoms with E-state index in [2.05, 4.69) is 10.3 Å². The van der Waals surface area contributed by atoms with Gasteiger partial charge in [0.2, 0.25) is 0 Å². The quantitative estimate of drug-likeness (QED) is 0.857. The van der Waals surface area contributed by atoms with Crippen LogP contribution in [0.5, 0.6) is 0 Å². The number of thiazole rings is 1. The summed E-state index contributed by atoms with van der Waals surface area (Å²) in [7, 11) is 0. The minimum Gasteiger partial charge on any atom is -0.478 e. The molecular formula is C11H10N2O2S. The molecule has 2 rings (SSSR count). The highest BCUT2D eigenvalue weighted by Crippen LogP contribution is 2.21. The van der Waals surface area contributed by atoms with E-state index in [0.29, 0.717) is 0 Å². The molecule has 0 saturated heterocycles. The summed E-state index contributed by atoms with van der Waals surface area (Å²) in [6.07, 6.45) is 0. The standard InChI is InChI=1S/C11H10N2O2S/c1-7-6-16-11(12-7)13-9-4-2-3-8(5-9)10(14)15/h2-6H,1H3,(H,12,13)(H,14,15). The minimum atomic E-state index is -0.932. The number of carbonyl (C=O) groups is 1. The number of nitrogens with zero attached hydrogens (tertiary/aromatic N) is 1. The molecule has 82 valence electrons. The lowest BCUT2D eigenvalue weighted by molar-refractivity contribution is 0.0697. The van der Waals surface area contributed by atoms with Gasteiger partial charge in [-0.2, -0.15) is 0 Å². The molecule has 0 atom stereocenters. The van der Waals surface area contributed by atoms with Crippen LogP contribution in [-0.2, 0) is 0 Å². The van der Waals surface area contributed by atoms with Gasteiger partial charge in [-0.15, -0.1) is 11.3 Å². The first-order valence-electron chi connectivity index (χ1n) is 4.67. The SMILES string of the molecule is Cc1csc(Nc2cccc(C(=O)O)c2)n1. The number of aromatic nitrogens is 1. The fourth-order valence-corrected chi connectivity index (χ4v) is 1.97. The van der Waals surface area contributed by atoms with Gasteiger partial charge in [0.1, 0.15) is 0 Å². The second-order valence-electron chi connectivity index (χ2n) is 3.30. The van der Waals surface area contributed by atoms with E-state index < -0.39 is 5.97 Å². The third-order valence-corrected chi connectivity index (χ3v) is 2.86. The number of rotatable bonds is 3. The molecule has 1 aromatic heterocycles. The average Bonchev–Trinajstić information content (AvgIpc) is 2.64. The molecule has 2 N–H and O–H groups in total. The number of anilines is 2. The Labute approximate surface area is 96.6 Å². The molecule has 0 saturated carbocycles. The third kappa shape index (κ3) is 2.38. The maximum atomic E-state index is 10.8. The predicted octanol–water partition coefficient (Wildman–Crippen LogP) is 2.89. The van der Waals surface area contributed by atoms with Crippen LogP contribution in [-0.4, -0.2) is 16.1 Å². The fourth-order valence-electron chi connectivity index (χ4n) is 1.26. The third-order valence-electron chi connectivity index (χ3n) is 1.98. The van der Waals surface area contributed by atoms with Crippen molar-refractivity contribution in [1.82, 2.24) is 4.98 Å². The van der Waals surface area contributed by atoms with Gasteiger partial charge in [-0.05, 0) is 25.1 Å². The summed E-state index contributed by atoms with van der Waals surface area (Å²) in [4.78, 5) is 15.0. The van der Waals surface area contributed by atoms with Gasteiger partial charge in [-0.1, -0.05) is 6.07 Å². The van der Waals surface area contributed by atoms with Gasteiger partial charge in [-0.25, -0.2) is 9.78 Å². The Morgan fingerprint density at radius 1 is 1.50 bits per heavy atom. The predicted molar refractivity (Wildman–Crippen MR) is 63.5 cm³/mol. The van der Waals surface area contributed by atoms with Gasteiger partial charge in [0.15, 0.2) is 5.13 Å². The number of benzene rings is 1. The lowest BCUT2D eigenvalue weighted by Gasteiger charge is -2.03. The van der Waals surface area contributed by atoms with Crippen LogP contribution in [0.1, 0.15) is 16.1 Å². The van der Waals surface area contributed by atoms with E-state index >= 15 is 0 Å². The Hall–Kier alpha value is -1.88. The lowest BCUT2D eigenvalue weighted by atomic mass is 10.2. The molecule has 4 nitrogen and oxygen atoms in total. The van der Waals surface area contributed by atoms with Gasteiger partial charge in [0.05, 0.1) is 11.3 Å². The van der Waals surface area contributed by atoms with E-state index in [1.165, 1.54) is 11.3 Å². The first-order chi connectivity index (χ1) is 7.65. The van der Waals surface area contributed by atoms with Gasteiger partial charge < -0.3 is 10.4 Å². The van der Waals surface area contributed by atoms with Crippen molar-refractivity contribution >= 4 is 28.1 Å². The van der Waals surface area contributed by atoms with E-state index in [0.717, 1.165) is 16.5 Å². The van der Waals surface area contributed by atoms with Gasteiger partial charge >= 0.3 is 5.97 Å². The molecule has 0 fully saturated rings. The number of aromatic carboxylic acids is 1. The normalized spacial score (nSPS) is 10.1. The fraction of sp³-hybridized carbons (Fsp3) is 0.0909. The Balaban J connectivity index is 2.21. The zero-order valence-corrected chi connectivity index (χ0v) is 9.41. The van der Waals surface area contributed by atoms with E-state index in [9.17, 15) is 4.79 Å². The topological polar surface area (TPSA) is 62.2 Å². The molecular weight excluding hydrogens is 224 g/mol. The van der Waals surface area contributed by atoms with Crippen molar-refractivity contribution in [2.45, 2.75) is 6.92 Å². The lowest BCUT2D eigenvalue weighted by Crippen LogP contribution is -1.97. The van der Waals surface area contributed by atoms with Crippen LogP contribution in [0.4, 0.5) is 10.8 Å². The number of carboxylic acids is 1. The maximum Gasteiger partial charge on any atom is 0.335 e. The van der Waals surface area contributed by atoms with Crippen molar-refractivity contribution in [3.8, 4) is 0 Å². The highest BCUT2D eigenvalue weighted by Gasteiger charge is 2.04. The molecule has 1 aromatic carbocycles. The second-order valence-corrected chi connectivity index (χ2v) is 4.16. The number of hydrogen-bond donors (Lipinski definition) is 2. The number of aryl methyl sites for hydroxylation is 1. The summed E-state index contributed by atoms with van der Waals surface area (Å²) >= 11 is 1.49. The molecule has 0 bridgehead atoms. The molecule has 5 heteroatoms. The van der Waals surface area contributed by atoms with Crippen molar-refractivity contribution in [2.24, 2.45) is 0 Å². The number of nitrogens with one attached hydrogen (secondary N) is 1. The Bertz CT molecular complexity index is 522. The highest BCUT2D eigenvalue weighted by molar-refractivity contribution is 7.13. The van der Waals surface area contributed by atoms with Crippen LogP contribution >= 0.6 is 11.3 Å². The van der Waals surface area contributed by atoms with Gasteiger partial charge in [-0.3, -0.25) is 0 Å². The largest absolute Gasteiger partial charge is 0.478 e. The second kappa shape index (κ2) is 4.32. The molecule has 0 spiro atoms. The molecule has 1 heterocycles. The molecule has 0 aliphatic carbocycles.